The fraction of sp³-hybridized carbons (Fsp3) is 0.538. The topological polar surface area (TPSA) is 29.1 Å². The summed E-state index contributed by atoms with van der Waals surface area (Å²) in [6, 6.07) is 5.68. The molecule has 0 fully saturated rings. The van der Waals surface area contributed by atoms with Gasteiger partial charge in [-0.1, -0.05) is 36.2 Å². The van der Waals surface area contributed by atoms with Gasteiger partial charge in [-0.15, -0.1) is 0 Å². The lowest BCUT2D eigenvalue weighted by Gasteiger charge is -2.17. The molecule has 1 aromatic carbocycles. The number of halogens is 2. The van der Waals surface area contributed by atoms with Gasteiger partial charge in [0.05, 0.1) is 0 Å². The second-order valence-corrected chi connectivity index (χ2v) is 7.09. The molecule has 0 aliphatic heterocycles. The van der Waals surface area contributed by atoms with Gasteiger partial charge in [-0.2, -0.15) is 0 Å². The summed E-state index contributed by atoms with van der Waals surface area (Å²) in [4.78, 5) is 0. The van der Waals surface area contributed by atoms with Crippen LogP contribution in [0, 0.1) is 0 Å². The predicted octanol–water partition coefficient (Wildman–Crippen LogP) is 3.80. The molecule has 1 aromatic rings. The van der Waals surface area contributed by atoms with E-state index in [9.17, 15) is 4.21 Å². The minimum atomic E-state index is -0.761. The summed E-state index contributed by atoms with van der Waals surface area (Å²) in [6.07, 6.45) is 2.63. The largest absolute Gasteiger partial charge is 0.310 e. The Balaban J connectivity index is 2.50. The highest BCUT2D eigenvalue weighted by Crippen LogP contribution is 2.25. The van der Waals surface area contributed by atoms with Crippen LogP contribution in [0.25, 0.3) is 0 Å². The maximum absolute atomic E-state index is 11.2. The molecular weight excluding hydrogens is 289 g/mol. The molecule has 0 aliphatic rings. The smallest absolute Gasteiger partial charge is 0.0468 e. The van der Waals surface area contributed by atoms with E-state index in [1.807, 2.05) is 19.1 Å². The zero-order chi connectivity index (χ0) is 13.7. The fourth-order valence-electron chi connectivity index (χ4n) is 1.63. The molecule has 2 nitrogen and oxygen atoms in total. The van der Waals surface area contributed by atoms with Gasteiger partial charge in [-0.05, 0) is 37.6 Å². The number of benzene rings is 1. The van der Waals surface area contributed by atoms with E-state index < -0.39 is 10.8 Å². The first-order valence-electron chi connectivity index (χ1n) is 5.92. The molecule has 0 spiro atoms. The standard InChI is InChI=1S/C13H19Cl2NOS/c1-9(18(3)17)6-7-16-10(2)12-5-4-11(14)8-13(12)15/h4-5,8-10,16H,6-7H2,1-3H3. The summed E-state index contributed by atoms with van der Waals surface area (Å²) in [5, 5.41) is 4.92. The van der Waals surface area contributed by atoms with Crippen LogP contribution in [0.2, 0.25) is 10.0 Å². The minimum Gasteiger partial charge on any atom is -0.310 e. The average Bonchev–Trinajstić information content (AvgIpc) is 2.28. The molecule has 1 rings (SSSR count). The van der Waals surface area contributed by atoms with Crippen LogP contribution >= 0.6 is 23.2 Å². The number of hydrogen-bond acceptors (Lipinski definition) is 2. The number of nitrogens with one attached hydrogen (secondary N) is 1. The van der Waals surface area contributed by atoms with Crippen LogP contribution in [0.5, 0.6) is 0 Å². The lowest BCUT2D eigenvalue weighted by atomic mass is 10.1. The first-order chi connectivity index (χ1) is 8.41. The van der Waals surface area contributed by atoms with Crippen molar-refractivity contribution in [3.63, 3.8) is 0 Å². The first-order valence-corrected chi connectivity index (χ1v) is 8.30. The molecule has 0 aliphatic carbocycles. The van der Waals surface area contributed by atoms with Crippen molar-refractivity contribution in [3.05, 3.63) is 33.8 Å². The summed E-state index contributed by atoms with van der Waals surface area (Å²) in [5.74, 6) is 0. The van der Waals surface area contributed by atoms with Crippen LogP contribution in [-0.4, -0.2) is 22.3 Å². The molecule has 1 N–H and O–H groups in total. The molecule has 0 saturated heterocycles. The Hall–Kier alpha value is -0.0900. The van der Waals surface area contributed by atoms with Gasteiger partial charge in [-0.25, -0.2) is 0 Å². The first kappa shape index (κ1) is 16.0. The van der Waals surface area contributed by atoms with Crippen LogP contribution in [0.1, 0.15) is 31.9 Å². The maximum Gasteiger partial charge on any atom is 0.0468 e. The maximum atomic E-state index is 11.2. The summed E-state index contributed by atoms with van der Waals surface area (Å²) >= 11 is 12.0. The lowest BCUT2D eigenvalue weighted by molar-refractivity contribution is 0.554. The molecular formula is C13H19Cl2NOS. The summed E-state index contributed by atoms with van der Waals surface area (Å²) < 4.78 is 11.2. The van der Waals surface area contributed by atoms with Crippen molar-refractivity contribution >= 4 is 34.0 Å². The van der Waals surface area contributed by atoms with Gasteiger partial charge >= 0.3 is 0 Å². The normalized spacial score (nSPS) is 16.3. The highest BCUT2D eigenvalue weighted by Gasteiger charge is 2.11. The van der Waals surface area contributed by atoms with Crippen molar-refractivity contribution in [1.29, 1.82) is 0 Å². The molecule has 0 aromatic heterocycles. The molecule has 0 bridgehead atoms. The predicted molar refractivity (Wildman–Crippen MR) is 81.0 cm³/mol. The Morgan fingerprint density at radius 3 is 2.56 bits per heavy atom. The van der Waals surface area contributed by atoms with Gasteiger partial charge in [0.25, 0.3) is 0 Å². The SMILES string of the molecule is CC(NCCC(C)S(C)=O)c1ccc(Cl)cc1Cl. The molecule has 0 radical (unpaired) electrons. The Kier molecular flexibility index (Phi) is 6.64. The second kappa shape index (κ2) is 7.49. The van der Waals surface area contributed by atoms with E-state index in [4.69, 9.17) is 23.2 Å². The second-order valence-electron chi connectivity index (χ2n) is 4.44. The van der Waals surface area contributed by atoms with E-state index >= 15 is 0 Å². The van der Waals surface area contributed by atoms with Crippen molar-refractivity contribution in [1.82, 2.24) is 5.32 Å². The van der Waals surface area contributed by atoms with Gasteiger partial charge in [0.15, 0.2) is 0 Å². The molecule has 0 heterocycles. The molecule has 102 valence electrons. The highest BCUT2D eigenvalue weighted by molar-refractivity contribution is 7.84. The van der Waals surface area contributed by atoms with E-state index in [0.717, 1.165) is 18.5 Å². The van der Waals surface area contributed by atoms with Crippen LogP contribution in [0.4, 0.5) is 0 Å². The Labute approximate surface area is 122 Å². The molecule has 0 amide bonds. The lowest BCUT2D eigenvalue weighted by Crippen LogP contribution is -2.24. The van der Waals surface area contributed by atoms with Crippen LogP contribution in [-0.2, 0) is 10.8 Å². The van der Waals surface area contributed by atoms with E-state index in [-0.39, 0.29) is 11.3 Å². The van der Waals surface area contributed by atoms with Gasteiger partial charge in [0.1, 0.15) is 0 Å². The molecule has 3 atom stereocenters. The van der Waals surface area contributed by atoms with E-state index in [1.165, 1.54) is 0 Å². The third-order valence-electron chi connectivity index (χ3n) is 3.00. The van der Waals surface area contributed by atoms with Gasteiger partial charge in [0, 0.05) is 38.4 Å². The molecule has 0 saturated carbocycles. The zero-order valence-electron chi connectivity index (χ0n) is 10.9. The van der Waals surface area contributed by atoms with Gasteiger partial charge < -0.3 is 5.32 Å². The molecule has 3 unspecified atom stereocenters. The quantitative estimate of drug-likeness (QED) is 0.866. The zero-order valence-corrected chi connectivity index (χ0v) is 13.2. The minimum absolute atomic E-state index is 0.159. The van der Waals surface area contributed by atoms with Crippen molar-refractivity contribution < 1.29 is 4.21 Å². The van der Waals surface area contributed by atoms with Crippen LogP contribution in [0.3, 0.4) is 0 Å². The molecule has 5 heteroatoms. The Morgan fingerprint density at radius 2 is 2.00 bits per heavy atom. The summed E-state index contributed by atoms with van der Waals surface area (Å²) in [7, 11) is -0.761. The van der Waals surface area contributed by atoms with Crippen LogP contribution in [0.15, 0.2) is 18.2 Å². The van der Waals surface area contributed by atoms with Crippen molar-refractivity contribution in [2.45, 2.75) is 31.6 Å². The van der Waals surface area contributed by atoms with Crippen molar-refractivity contribution in [2.75, 3.05) is 12.8 Å². The number of hydrogen-bond donors (Lipinski definition) is 1. The average molecular weight is 308 g/mol. The monoisotopic (exact) mass is 307 g/mol. The van der Waals surface area contributed by atoms with Gasteiger partial charge in [0.2, 0.25) is 0 Å². The Morgan fingerprint density at radius 1 is 1.33 bits per heavy atom. The van der Waals surface area contributed by atoms with Crippen LogP contribution < -0.4 is 5.32 Å². The highest BCUT2D eigenvalue weighted by atomic mass is 35.5. The van der Waals surface area contributed by atoms with Gasteiger partial charge in [-0.3, -0.25) is 4.21 Å². The van der Waals surface area contributed by atoms with Crippen molar-refractivity contribution in [3.8, 4) is 0 Å². The summed E-state index contributed by atoms with van der Waals surface area (Å²) in [5.41, 5.74) is 1.03. The Bertz CT molecular complexity index is 425. The fourth-order valence-corrected chi connectivity index (χ4v) is 2.65. The summed E-state index contributed by atoms with van der Waals surface area (Å²) in [6.45, 7) is 4.88. The molecule has 18 heavy (non-hydrogen) atoms. The van der Waals surface area contributed by atoms with E-state index in [2.05, 4.69) is 12.2 Å². The van der Waals surface area contributed by atoms with E-state index in [0.29, 0.717) is 10.0 Å². The third-order valence-corrected chi connectivity index (χ3v) is 4.93. The van der Waals surface area contributed by atoms with Crippen molar-refractivity contribution in [2.24, 2.45) is 0 Å². The number of rotatable bonds is 6. The third kappa shape index (κ3) is 4.88. The van der Waals surface area contributed by atoms with E-state index in [1.54, 1.807) is 12.3 Å².